The van der Waals surface area contributed by atoms with Gasteiger partial charge in [0.05, 0.1) is 0 Å². The summed E-state index contributed by atoms with van der Waals surface area (Å²) in [5, 5.41) is 3.32. The Morgan fingerprint density at radius 3 is 2.30 bits per heavy atom. The summed E-state index contributed by atoms with van der Waals surface area (Å²) in [7, 11) is 2.02. The molecule has 2 fully saturated rings. The maximum Gasteiger partial charge on any atom is 0.222 e. The molecule has 1 saturated heterocycles. The zero-order chi connectivity index (χ0) is 13.7. The van der Waals surface area contributed by atoms with E-state index in [2.05, 4.69) is 17.1 Å². The maximum atomic E-state index is 12.4. The molecule has 1 aliphatic carbocycles. The van der Waals surface area contributed by atoms with Gasteiger partial charge in [0.2, 0.25) is 5.91 Å². The van der Waals surface area contributed by atoms with Crippen LogP contribution >= 0.6 is 12.4 Å². The van der Waals surface area contributed by atoms with Gasteiger partial charge in [-0.3, -0.25) is 4.79 Å². The number of carbonyl (C=O) groups is 1. The van der Waals surface area contributed by atoms with Crippen LogP contribution in [0.2, 0.25) is 0 Å². The van der Waals surface area contributed by atoms with Crippen LogP contribution in [0.25, 0.3) is 0 Å². The largest absolute Gasteiger partial charge is 0.343 e. The Balaban J connectivity index is 0.00000200. The van der Waals surface area contributed by atoms with E-state index in [1.54, 1.807) is 0 Å². The smallest absolute Gasteiger partial charge is 0.222 e. The Bertz CT molecular complexity index is 284. The van der Waals surface area contributed by atoms with Crippen LogP contribution < -0.4 is 5.32 Å². The van der Waals surface area contributed by atoms with Crippen LogP contribution in [0.4, 0.5) is 0 Å². The minimum atomic E-state index is 0. The molecular weight excluding hydrogens is 272 g/mol. The number of carbonyl (C=O) groups excluding carboxylic acids is 1. The number of amides is 1. The molecule has 2 aliphatic rings. The monoisotopic (exact) mass is 302 g/mol. The molecule has 20 heavy (non-hydrogen) atoms. The molecule has 0 bridgehead atoms. The second kappa shape index (κ2) is 8.89. The topological polar surface area (TPSA) is 32.3 Å². The Labute approximate surface area is 130 Å². The van der Waals surface area contributed by atoms with Crippen molar-refractivity contribution in [3.05, 3.63) is 0 Å². The Hall–Kier alpha value is -0.280. The van der Waals surface area contributed by atoms with E-state index < -0.39 is 0 Å². The van der Waals surface area contributed by atoms with Crippen LogP contribution in [0.3, 0.4) is 0 Å². The first-order valence-electron chi connectivity index (χ1n) is 8.15. The van der Waals surface area contributed by atoms with Crippen molar-refractivity contribution in [2.24, 2.45) is 11.8 Å². The molecule has 0 radical (unpaired) electrons. The fourth-order valence-corrected chi connectivity index (χ4v) is 3.69. The Morgan fingerprint density at radius 1 is 1.15 bits per heavy atom. The summed E-state index contributed by atoms with van der Waals surface area (Å²) in [6, 6.07) is 0.611. The van der Waals surface area contributed by atoms with E-state index in [1.165, 1.54) is 32.1 Å². The lowest BCUT2D eigenvalue weighted by Crippen LogP contribution is -2.44. The molecule has 1 N–H and O–H groups in total. The van der Waals surface area contributed by atoms with E-state index in [9.17, 15) is 4.79 Å². The zero-order valence-electron chi connectivity index (χ0n) is 13.1. The third-order valence-electron chi connectivity index (χ3n) is 5.21. The third kappa shape index (κ3) is 4.92. The molecule has 1 atom stereocenters. The first-order valence-corrected chi connectivity index (χ1v) is 8.15. The number of nitrogens with zero attached hydrogens (tertiary/aromatic N) is 1. The van der Waals surface area contributed by atoms with Gasteiger partial charge < -0.3 is 10.2 Å². The van der Waals surface area contributed by atoms with Gasteiger partial charge in [0.15, 0.2) is 0 Å². The van der Waals surface area contributed by atoms with Gasteiger partial charge in [-0.1, -0.05) is 39.0 Å². The molecule has 118 valence electrons. The highest BCUT2D eigenvalue weighted by molar-refractivity contribution is 5.85. The summed E-state index contributed by atoms with van der Waals surface area (Å²) in [6.45, 7) is 4.18. The minimum absolute atomic E-state index is 0. The average Bonchev–Trinajstić information content (AvgIpc) is 2.48. The van der Waals surface area contributed by atoms with Gasteiger partial charge in [0, 0.05) is 25.6 Å². The Morgan fingerprint density at radius 2 is 1.75 bits per heavy atom. The fourth-order valence-electron chi connectivity index (χ4n) is 3.69. The molecule has 0 aromatic carbocycles. The van der Waals surface area contributed by atoms with Crippen LogP contribution in [0.5, 0.6) is 0 Å². The predicted octanol–water partition coefficient (Wildman–Crippen LogP) is 3.23. The number of rotatable bonds is 4. The van der Waals surface area contributed by atoms with Gasteiger partial charge in [-0.2, -0.15) is 0 Å². The number of hydrogen-bond donors (Lipinski definition) is 1. The van der Waals surface area contributed by atoms with E-state index in [0.717, 1.165) is 38.3 Å². The van der Waals surface area contributed by atoms with Gasteiger partial charge in [0.1, 0.15) is 0 Å². The van der Waals surface area contributed by atoms with Crippen LogP contribution in [0.15, 0.2) is 0 Å². The lowest BCUT2D eigenvalue weighted by molar-refractivity contribution is -0.133. The van der Waals surface area contributed by atoms with Crippen molar-refractivity contribution < 1.29 is 4.79 Å². The molecule has 0 spiro atoms. The maximum absolute atomic E-state index is 12.4. The first-order chi connectivity index (χ1) is 9.20. The summed E-state index contributed by atoms with van der Waals surface area (Å²) in [4.78, 5) is 14.4. The normalized spacial score (nSPS) is 23.2. The second-order valence-corrected chi connectivity index (χ2v) is 6.52. The fraction of sp³-hybridized carbons (Fsp3) is 0.938. The molecule has 1 amide bonds. The van der Waals surface area contributed by atoms with E-state index in [4.69, 9.17) is 0 Å². The van der Waals surface area contributed by atoms with E-state index in [1.807, 2.05) is 7.05 Å². The van der Waals surface area contributed by atoms with E-state index in [0.29, 0.717) is 17.9 Å². The molecular formula is C16H31ClN2O. The summed E-state index contributed by atoms with van der Waals surface area (Å²) in [6.07, 6.45) is 9.82. The predicted molar refractivity (Wildman–Crippen MR) is 86.3 cm³/mol. The SMILES string of the molecule is CNC1CCN(C(=O)CC(C)C2CCCCC2)CC1.Cl. The van der Waals surface area contributed by atoms with Crippen molar-refractivity contribution in [1.82, 2.24) is 10.2 Å². The minimum Gasteiger partial charge on any atom is -0.343 e. The molecule has 0 aromatic heterocycles. The van der Waals surface area contributed by atoms with E-state index in [-0.39, 0.29) is 12.4 Å². The molecule has 1 heterocycles. The third-order valence-corrected chi connectivity index (χ3v) is 5.21. The highest BCUT2D eigenvalue weighted by Crippen LogP contribution is 2.31. The lowest BCUT2D eigenvalue weighted by Gasteiger charge is -2.34. The van der Waals surface area contributed by atoms with Gasteiger partial charge in [-0.25, -0.2) is 0 Å². The van der Waals surface area contributed by atoms with Crippen LogP contribution in [0.1, 0.15) is 58.3 Å². The lowest BCUT2D eigenvalue weighted by atomic mass is 9.79. The van der Waals surface area contributed by atoms with Crippen LogP contribution in [0, 0.1) is 11.8 Å². The molecule has 4 heteroatoms. The van der Waals surface area contributed by atoms with Crippen LogP contribution in [-0.4, -0.2) is 37.0 Å². The number of nitrogens with one attached hydrogen (secondary N) is 1. The van der Waals surface area contributed by atoms with Crippen molar-refractivity contribution in [3.63, 3.8) is 0 Å². The molecule has 1 aliphatic heterocycles. The molecule has 1 unspecified atom stereocenters. The molecule has 3 nitrogen and oxygen atoms in total. The van der Waals surface area contributed by atoms with Crippen molar-refractivity contribution in [2.45, 2.75) is 64.3 Å². The first kappa shape index (κ1) is 17.8. The summed E-state index contributed by atoms with van der Waals surface area (Å²) in [5.74, 6) is 1.77. The van der Waals surface area contributed by atoms with Gasteiger partial charge in [0.25, 0.3) is 0 Å². The molecule has 0 aromatic rings. The molecule has 1 saturated carbocycles. The summed E-state index contributed by atoms with van der Waals surface area (Å²) < 4.78 is 0. The van der Waals surface area contributed by atoms with E-state index >= 15 is 0 Å². The highest BCUT2D eigenvalue weighted by atomic mass is 35.5. The number of halogens is 1. The van der Waals surface area contributed by atoms with Gasteiger partial charge >= 0.3 is 0 Å². The number of hydrogen-bond acceptors (Lipinski definition) is 2. The standard InChI is InChI=1S/C16H30N2O.ClH/c1-13(14-6-4-3-5-7-14)12-16(19)18-10-8-15(17-2)9-11-18;/h13-15,17H,3-12H2,1-2H3;1H. The second-order valence-electron chi connectivity index (χ2n) is 6.52. The summed E-state index contributed by atoms with van der Waals surface area (Å²) in [5.41, 5.74) is 0. The highest BCUT2D eigenvalue weighted by Gasteiger charge is 2.26. The van der Waals surface area contributed by atoms with Crippen molar-refractivity contribution in [2.75, 3.05) is 20.1 Å². The van der Waals surface area contributed by atoms with Crippen molar-refractivity contribution in [1.29, 1.82) is 0 Å². The quantitative estimate of drug-likeness (QED) is 0.865. The summed E-state index contributed by atoms with van der Waals surface area (Å²) >= 11 is 0. The Kier molecular flexibility index (Phi) is 7.90. The van der Waals surface area contributed by atoms with Crippen molar-refractivity contribution in [3.8, 4) is 0 Å². The van der Waals surface area contributed by atoms with Gasteiger partial charge in [-0.05, 0) is 31.7 Å². The van der Waals surface area contributed by atoms with Gasteiger partial charge in [-0.15, -0.1) is 12.4 Å². The molecule has 2 rings (SSSR count). The number of piperidine rings is 1. The van der Waals surface area contributed by atoms with Crippen LogP contribution in [-0.2, 0) is 4.79 Å². The average molecular weight is 303 g/mol. The number of likely N-dealkylation sites (tertiary alicyclic amines) is 1. The zero-order valence-corrected chi connectivity index (χ0v) is 13.9. The van der Waals surface area contributed by atoms with Crippen molar-refractivity contribution >= 4 is 18.3 Å².